The average molecular weight is 221 g/mol. The normalized spacial score (nSPS) is 21.1. The van der Waals surface area contributed by atoms with Crippen LogP contribution < -0.4 is 0 Å². The first-order chi connectivity index (χ1) is 7.77. The fourth-order valence-corrected chi connectivity index (χ4v) is 2.26. The van der Waals surface area contributed by atoms with Crippen LogP contribution in [0.4, 0.5) is 0 Å². The molecule has 0 spiro atoms. The Bertz CT molecular complexity index is 334. The summed E-state index contributed by atoms with van der Waals surface area (Å²) in [7, 11) is 0. The number of amides is 1. The van der Waals surface area contributed by atoms with Gasteiger partial charge in [-0.25, -0.2) is 0 Å². The lowest BCUT2D eigenvalue weighted by Gasteiger charge is -2.33. The largest absolute Gasteiger partial charge is 0.340 e. The third-order valence-electron chi connectivity index (χ3n) is 3.24. The molecule has 1 aromatic rings. The Labute approximate surface area is 96.2 Å². The summed E-state index contributed by atoms with van der Waals surface area (Å²) in [6, 6.07) is 2.30. The lowest BCUT2D eigenvalue weighted by molar-refractivity contribution is -0.134. The van der Waals surface area contributed by atoms with Crippen LogP contribution in [0.25, 0.3) is 0 Å². The predicted octanol–water partition coefficient (Wildman–Crippen LogP) is 1.67. The van der Waals surface area contributed by atoms with Gasteiger partial charge in [-0.05, 0) is 32.3 Å². The van der Waals surface area contributed by atoms with Gasteiger partial charge in [-0.1, -0.05) is 0 Å². The zero-order chi connectivity index (χ0) is 11.4. The topological polar surface area (TPSA) is 38.1 Å². The van der Waals surface area contributed by atoms with Crippen molar-refractivity contribution in [2.24, 2.45) is 0 Å². The van der Waals surface area contributed by atoms with E-state index in [-0.39, 0.29) is 5.91 Å². The highest BCUT2D eigenvalue weighted by atomic mass is 16.2. The second-order valence-corrected chi connectivity index (χ2v) is 4.45. The fraction of sp³-hybridized carbons (Fsp3) is 0.667. The van der Waals surface area contributed by atoms with E-state index >= 15 is 0 Å². The number of nitrogens with zero attached hydrogens (tertiary/aromatic N) is 3. The lowest BCUT2D eigenvalue weighted by Crippen LogP contribution is -2.42. The molecule has 88 valence electrons. The summed E-state index contributed by atoms with van der Waals surface area (Å²) in [6.45, 7) is 3.76. The molecule has 1 saturated heterocycles. The first-order valence-electron chi connectivity index (χ1n) is 6.04. The summed E-state index contributed by atoms with van der Waals surface area (Å²) in [5.74, 6) is 0.266. The molecule has 1 fully saturated rings. The Morgan fingerprint density at radius 2 is 2.38 bits per heavy atom. The maximum Gasteiger partial charge on any atom is 0.224 e. The second-order valence-electron chi connectivity index (χ2n) is 4.45. The van der Waals surface area contributed by atoms with Crippen molar-refractivity contribution in [1.29, 1.82) is 0 Å². The van der Waals surface area contributed by atoms with E-state index in [2.05, 4.69) is 12.0 Å². The van der Waals surface area contributed by atoms with Crippen LogP contribution in [-0.2, 0) is 11.3 Å². The van der Waals surface area contributed by atoms with Gasteiger partial charge in [-0.3, -0.25) is 9.48 Å². The van der Waals surface area contributed by atoms with E-state index in [4.69, 9.17) is 0 Å². The molecule has 1 amide bonds. The molecule has 1 atom stereocenters. The molecular formula is C12H19N3O. The molecule has 1 unspecified atom stereocenters. The fourth-order valence-electron chi connectivity index (χ4n) is 2.26. The first kappa shape index (κ1) is 11.2. The van der Waals surface area contributed by atoms with Crippen LogP contribution in [0.5, 0.6) is 0 Å². The number of carbonyl (C=O) groups excluding carboxylic acids is 1. The van der Waals surface area contributed by atoms with E-state index in [1.165, 1.54) is 6.42 Å². The van der Waals surface area contributed by atoms with Crippen molar-refractivity contribution >= 4 is 5.91 Å². The van der Waals surface area contributed by atoms with Gasteiger partial charge in [0.05, 0.1) is 0 Å². The van der Waals surface area contributed by atoms with E-state index in [1.54, 1.807) is 6.20 Å². The molecule has 0 aliphatic carbocycles. The van der Waals surface area contributed by atoms with Crippen LogP contribution in [-0.4, -0.2) is 33.2 Å². The SMILES string of the molecule is CC1CCCCN1C(=O)CCn1cccn1. The van der Waals surface area contributed by atoms with Crippen LogP contribution in [0.1, 0.15) is 32.6 Å². The zero-order valence-corrected chi connectivity index (χ0v) is 9.80. The molecular weight excluding hydrogens is 202 g/mol. The van der Waals surface area contributed by atoms with Gasteiger partial charge in [-0.15, -0.1) is 0 Å². The Kier molecular flexibility index (Phi) is 3.59. The molecule has 0 radical (unpaired) electrons. The number of likely N-dealkylation sites (tertiary alicyclic amines) is 1. The zero-order valence-electron chi connectivity index (χ0n) is 9.80. The Hall–Kier alpha value is -1.32. The van der Waals surface area contributed by atoms with E-state index in [0.717, 1.165) is 19.4 Å². The van der Waals surface area contributed by atoms with Crippen molar-refractivity contribution in [1.82, 2.24) is 14.7 Å². The second kappa shape index (κ2) is 5.14. The lowest BCUT2D eigenvalue weighted by atomic mass is 10.0. The van der Waals surface area contributed by atoms with Gasteiger partial charge in [0.1, 0.15) is 0 Å². The minimum atomic E-state index is 0.266. The molecule has 2 rings (SSSR count). The molecule has 1 aliphatic heterocycles. The minimum Gasteiger partial charge on any atom is -0.340 e. The standard InChI is InChI=1S/C12H19N3O/c1-11-5-2-3-9-15(11)12(16)6-10-14-8-4-7-13-14/h4,7-8,11H,2-3,5-6,9-10H2,1H3. The van der Waals surface area contributed by atoms with E-state index in [9.17, 15) is 4.79 Å². The Morgan fingerprint density at radius 3 is 3.06 bits per heavy atom. The molecule has 4 heteroatoms. The van der Waals surface area contributed by atoms with Gasteiger partial charge < -0.3 is 4.90 Å². The predicted molar refractivity (Wildman–Crippen MR) is 61.9 cm³/mol. The number of piperidine rings is 1. The van der Waals surface area contributed by atoms with Gasteiger partial charge in [0.25, 0.3) is 0 Å². The van der Waals surface area contributed by atoms with Gasteiger partial charge in [0.2, 0.25) is 5.91 Å². The van der Waals surface area contributed by atoms with Crippen molar-refractivity contribution in [2.75, 3.05) is 6.54 Å². The van der Waals surface area contributed by atoms with Crippen LogP contribution in [0.15, 0.2) is 18.5 Å². The summed E-state index contributed by atoms with van der Waals surface area (Å²) >= 11 is 0. The quantitative estimate of drug-likeness (QED) is 0.778. The monoisotopic (exact) mass is 221 g/mol. The van der Waals surface area contributed by atoms with Crippen molar-refractivity contribution < 1.29 is 4.79 Å². The molecule has 0 saturated carbocycles. The summed E-state index contributed by atoms with van der Waals surface area (Å²) < 4.78 is 1.81. The average Bonchev–Trinajstić information content (AvgIpc) is 2.79. The first-order valence-corrected chi connectivity index (χ1v) is 6.04. The third-order valence-corrected chi connectivity index (χ3v) is 3.24. The molecule has 1 aliphatic rings. The van der Waals surface area contributed by atoms with Crippen LogP contribution >= 0.6 is 0 Å². The highest BCUT2D eigenvalue weighted by Crippen LogP contribution is 2.17. The molecule has 0 N–H and O–H groups in total. The molecule has 4 nitrogen and oxygen atoms in total. The Morgan fingerprint density at radius 1 is 1.50 bits per heavy atom. The van der Waals surface area contributed by atoms with Crippen LogP contribution in [0.3, 0.4) is 0 Å². The third kappa shape index (κ3) is 2.62. The van der Waals surface area contributed by atoms with Crippen molar-refractivity contribution in [3.63, 3.8) is 0 Å². The maximum atomic E-state index is 12.0. The van der Waals surface area contributed by atoms with Crippen LogP contribution in [0, 0.1) is 0 Å². The molecule has 0 bridgehead atoms. The molecule has 1 aromatic heterocycles. The maximum absolute atomic E-state index is 12.0. The van der Waals surface area contributed by atoms with E-state index in [0.29, 0.717) is 19.0 Å². The minimum absolute atomic E-state index is 0.266. The van der Waals surface area contributed by atoms with Crippen LogP contribution in [0.2, 0.25) is 0 Å². The summed E-state index contributed by atoms with van der Waals surface area (Å²) in [6.07, 6.45) is 7.75. The van der Waals surface area contributed by atoms with E-state index in [1.807, 2.05) is 21.8 Å². The number of hydrogen-bond donors (Lipinski definition) is 0. The number of carbonyl (C=O) groups is 1. The van der Waals surface area contributed by atoms with Gasteiger partial charge in [-0.2, -0.15) is 5.10 Å². The van der Waals surface area contributed by atoms with Gasteiger partial charge in [0.15, 0.2) is 0 Å². The van der Waals surface area contributed by atoms with Gasteiger partial charge >= 0.3 is 0 Å². The Balaban J connectivity index is 1.83. The number of aromatic nitrogens is 2. The van der Waals surface area contributed by atoms with Gasteiger partial charge in [0, 0.05) is 37.9 Å². The van der Waals surface area contributed by atoms with Crippen molar-refractivity contribution in [2.45, 2.75) is 45.2 Å². The molecule has 0 aromatic carbocycles. The highest BCUT2D eigenvalue weighted by molar-refractivity contribution is 5.76. The summed E-state index contributed by atoms with van der Waals surface area (Å²) in [5.41, 5.74) is 0. The molecule has 16 heavy (non-hydrogen) atoms. The summed E-state index contributed by atoms with van der Waals surface area (Å²) in [5, 5.41) is 4.10. The van der Waals surface area contributed by atoms with E-state index < -0.39 is 0 Å². The number of hydrogen-bond acceptors (Lipinski definition) is 2. The molecule has 2 heterocycles. The summed E-state index contributed by atoms with van der Waals surface area (Å²) in [4.78, 5) is 14.0. The number of aryl methyl sites for hydroxylation is 1. The van der Waals surface area contributed by atoms with Crippen molar-refractivity contribution in [3.05, 3.63) is 18.5 Å². The number of rotatable bonds is 3. The smallest absolute Gasteiger partial charge is 0.224 e. The highest BCUT2D eigenvalue weighted by Gasteiger charge is 2.22. The van der Waals surface area contributed by atoms with Crippen molar-refractivity contribution in [3.8, 4) is 0 Å².